The molecule has 1 unspecified atom stereocenters. The summed E-state index contributed by atoms with van der Waals surface area (Å²) < 4.78 is 13.4. The molecule has 166 valence electrons. The van der Waals surface area contributed by atoms with Crippen LogP contribution in [-0.4, -0.2) is 12.5 Å². The highest BCUT2D eigenvalue weighted by Crippen LogP contribution is 2.42. The average Bonchev–Trinajstić information content (AvgIpc) is 3.11. The number of amides is 1. The Hall–Kier alpha value is -2.90. The van der Waals surface area contributed by atoms with Crippen LogP contribution in [0.3, 0.4) is 0 Å². The topological polar surface area (TPSA) is 59.8 Å². The molecule has 1 amide bonds. The first kappa shape index (κ1) is 21.9. The molecule has 0 N–H and O–H groups in total. The van der Waals surface area contributed by atoms with Crippen LogP contribution < -0.4 is 15.1 Å². The third kappa shape index (κ3) is 3.89. The molecule has 0 saturated heterocycles. The van der Waals surface area contributed by atoms with E-state index in [9.17, 15) is 9.59 Å². The fraction of sp³-hybridized carbons (Fsp3) is 0.154. The van der Waals surface area contributed by atoms with E-state index in [1.54, 1.807) is 23.1 Å². The third-order valence-electron chi connectivity index (χ3n) is 5.61. The molecule has 1 aliphatic heterocycles. The molecular weight excluding hydrogens is 550 g/mol. The Kier molecular flexibility index (Phi) is 5.85. The number of nitrogens with zero attached hydrogens (tertiary/aromatic N) is 1. The summed E-state index contributed by atoms with van der Waals surface area (Å²) >= 11 is 6.87. The van der Waals surface area contributed by atoms with Gasteiger partial charge in [0.15, 0.2) is 5.43 Å². The fourth-order valence-electron chi connectivity index (χ4n) is 4.09. The minimum absolute atomic E-state index is 0.0778. The summed E-state index contributed by atoms with van der Waals surface area (Å²) in [6.45, 7) is 2.67. The van der Waals surface area contributed by atoms with Crippen LogP contribution in [0.4, 0.5) is 5.69 Å². The minimum Gasteiger partial charge on any atom is -0.494 e. The van der Waals surface area contributed by atoms with Crippen LogP contribution in [0.1, 0.15) is 41.1 Å². The quantitative estimate of drug-likeness (QED) is 0.264. The van der Waals surface area contributed by atoms with E-state index in [0.717, 1.165) is 26.7 Å². The molecule has 0 fully saturated rings. The summed E-state index contributed by atoms with van der Waals surface area (Å²) in [6, 6.07) is 19.6. The van der Waals surface area contributed by atoms with Crippen molar-refractivity contribution in [3.05, 3.63) is 103 Å². The predicted octanol–water partition coefficient (Wildman–Crippen LogP) is 6.86. The second-order valence-electron chi connectivity index (χ2n) is 7.79. The van der Waals surface area contributed by atoms with Crippen molar-refractivity contribution in [2.75, 3.05) is 11.5 Å². The number of hydrogen-bond acceptors (Lipinski definition) is 4. The zero-order chi connectivity index (χ0) is 23.1. The summed E-state index contributed by atoms with van der Waals surface area (Å²) in [7, 11) is 0. The van der Waals surface area contributed by atoms with Crippen molar-refractivity contribution in [3.8, 4) is 5.75 Å². The molecule has 2 heterocycles. The van der Waals surface area contributed by atoms with E-state index in [0.29, 0.717) is 28.8 Å². The Balaban J connectivity index is 1.72. The van der Waals surface area contributed by atoms with Gasteiger partial charge >= 0.3 is 0 Å². The molecule has 1 aliphatic rings. The maximum absolute atomic E-state index is 13.6. The van der Waals surface area contributed by atoms with Crippen LogP contribution in [0.25, 0.3) is 11.0 Å². The molecule has 7 heteroatoms. The lowest BCUT2D eigenvalue weighted by Crippen LogP contribution is -2.29. The fourth-order valence-corrected chi connectivity index (χ4v) is 4.72. The van der Waals surface area contributed by atoms with Crippen molar-refractivity contribution in [2.45, 2.75) is 19.4 Å². The average molecular weight is 569 g/mol. The molecule has 3 aromatic carbocycles. The van der Waals surface area contributed by atoms with Gasteiger partial charge in [0.1, 0.15) is 11.3 Å². The molecule has 0 aliphatic carbocycles. The van der Waals surface area contributed by atoms with Gasteiger partial charge in [-0.15, -0.1) is 0 Å². The number of fused-ring (bicyclic) bond motifs is 2. The standard InChI is InChI=1S/C26H19Br2NO4/c1-2-13-32-19-10-3-15(4-11-19)23-22-24(30)20-14-17(28)7-12-21(20)33-25(22)26(31)29(23)18-8-5-16(27)6-9-18/h3-12,14,23H,2,13H2,1H3. The highest BCUT2D eigenvalue weighted by Gasteiger charge is 2.43. The van der Waals surface area contributed by atoms with Crippen molar-refractivity contribution in [3.63, 3.8) is 0 Å². The Morgan fingerprint density at radius 2 is 1.64 bits per heavy atom. The van der Waals surface area contributed by atoms with E-state index < -0.39 is 6.04 Å². The van der Waals surface area contributed by atoms with Crippen molar-refractivity contribution in [1.29, 1.82) is 0 Å². The molecule has 33 heavy (non-hydrogen) atoms. The van der Waals surface area contributed by atoms with Gasteiger partial charge in [-0.2, -0.15) is 0 Å². The van der Waals surface area contributed by atoms with E-state index in [2.05, 4.69) is 31.9 Å². The Morgan fingerprint density at radius 3 is 2.33 bits per heavy atom. The zero-order valence-corrected chi connectivity index (χ0v) is 20.9. The first-order valence-corrected chi connectivity index (χ1v) is 12.1. The van der Waals surface area contributed by atoms with Crippen molar-refractivity contribution >= 4 is 54.4 Å². The van der Waals surface area contributed by atoms with E-state index in [4.69, 9.17) is 9.15 Å². The van der Waals surface area contributed by atoms with Crippen molar-refractivity contribution in [1.82, 2.24) is 0 Å². The molecule has 1 aromatic heterocycles. The molecule has 0 bridgehead atoms. The largest absolute Gasteiger partial charge is 0.494 e. The van der Waals surface area contributed by atoms with E-state index in [-0.39, 0.29) is 17.1 Å². The minimum atomic E-state index is -0.617. The van der Waals surface area contributed by atoms with E-state index in [1.165, 1.54) is 0 Å². The second-order valence-corrected chi connectivity index (χ2v) is 9.62. The SMILES string of the molecule is CCCOc1ccc(C2c3c(oc4ccc(Br)cc4c3=O)C(=O)N2c2ccc(Br)cc2)cc1. The Bertz CT molecular complexity index is 1410. The zero-order valence-electron chi connectivity index (χ0n) is 17.7. The molecule has 0 spiro atoms. The summed E-state index contributed by atoms with van der Waals surface area (Å²) in [4.78, 5) is 28.9. The monoisotopic (exact) mass is 567 g/mol. The van der Waals surface area contributed by atoms with E-state index in [1.807, 2.05) is 55.5 Å². The molecule has 1 atom stereocenters. The van der Waals surface area contributed by atoms with Gasteiger partial charge in [0, 0.05) is 14.6 Å². The highest BCUT2D eigenvalue weighted by atomic mass is 79.9. The second kappa shape index (κ2) is 8.80. The number of anilines is 1. The summed E-state index contributed by atoms with van der Waals surface area (Å²) in [5, 5.41) is 0.432. The van der Waals surface area contributed by atoms with Gasteiger partial charge in [0.25, 0.3) is 5.91 Å². The molecule has 5 rings (SSSR count). The van der Waals surface area contributed by atoms with E-state index >= 15 is 0 Å². The molecule has 0 saturated carbocycles. The maximum atomic E-state index is 13.6. The van der Waals surface area contributed by atoms with Gasteiger partial charge < -0.3 is 9.15 Å². The molecule has 0 radical (unpaired) electrons. The van der Waals surface area contributed by atoms with Gasteiger partial charge in [-0.3, -0.25) is 14.5 Å². The van der Waals surface area contributed by atoms with Crippen LogP contribution >= 0.6 is 31.9 Å². The maximum Gasteiger partial charge on any atom is 0.295 e. The normalized spacial score (nSPS) is 15.2. The van der Waals surface area contributed by atoms with Crippen LogP contribution in [0.5, 0.6) is 5.75 Å². The Labute approximate surface area is 207 Å². The lowest BCUT2D eigenvalue weighted by molar-refractivity contribution is 0.0971. The van der Waals surface area contributed by atoms with Crippen LogP contribution in [0.2, 0.25) is 0 Å². The van der Waals surface area contributed by atoms with Crippen LogP contribution in [0, 0.1) is 0 Å². The van der Waals surface area contributed by atoms with Crippen LogP contribution in [0.15, 0.2) is 84.9 Å². The number of rotatable bonds is 5. The third-order valence-corrected chi connectivity index (χ3v) is 6.63. The number of benzene rings is 3. The number of carbonyl (C=O) groups is 1. The summed E-state index contributed by atoms with van der Waals surface area (Å²) in [5.41, 5.74) is 1.99. The Morgan fingerprint density at radius 1 is 0.939 bits per heavy atom. The molecule has 4 aromatic rings. The first-order valence-electron chi connectivity index (χ1n) is 10.6. The number of hydrogen-bond donors (Lipinski definition) is 0. The molecule has 5 nitrogen and oxygen atoms in total. The lowest BCUT2D eigenvalue weighted by Gasteiger charge is -2.25. The van der Waals surface area contributed by atoms with Gasteiger partial charge in [-0.05, 0) is 66.6 Å². The first-order chi connectivity index (χ1) is 16.0. The predicted molar refractivity (Wildman–Crippen MR) is 135 cm³/mol. The van der Waals surface area contributed by atoms with Gasteiger partial charge in [0.05, 0.1) is 23.6 Å². The highest BCUT2D eigenvalue weighted by molar-refractivity contribution is 9.10. The van der Waals surface area contributed by atoms with Gasteiger partial charge in [-0.1, -0.05) is 50.9 Å². The van der Waals surface area contributed by atoms with Gasteiger partial charge in [0.2, 0.25) is 5.76 Å². The summed E-state index contributed by atoms with van der Waals surface area (Å²) in [5.74, 6) is 0.481. The van der Waals surface area contributed by atoms with Crippen LogP contribution in [-0.2, 0) is 0 Å². The smallest absolute Gasteiger partial charge is 0.295 e. The molecular formula is C26H19Br2NO4. The summed E-state index contributed by atoms with van der Waals surface area (Å²) in [6.07, 6.45) is 0.910. The van der Waals surface area contributed by atoms with Gasteiger partial charge in [-0.25, -0.2) is 0 Å². The number of halogens is 2. The van der Waals surface area contributed by atoms with Crippen molar-refractivity contribution in [2.24, 2.45) is 0 Å². The lowest BCUT2D eigenvalue weighted by atomic mass is 9.98. The number of carbonyl (C=O) groups excluding carboxylic acids is 1. The van der Waals surface area contributed by atoms with Crippen molar-refractivity contribution < 1.29 is 13.9 Å². The number of ether oxygens (including phenoxy) is 1.